The maximum absolute atomic E-state index is 12.6. The number of hydrogen-bond acceptors (Lipinski definition) is 4. The van der Waals surface area contributed by atoms with E-state index in [-0.39, 0.29) is 5.56 Å². The summed E-state index contributed by atoms with van der Waals surface area (Å²) in [5.74, 6) is -0.966. The van der Waals surface area contributed by atoms with Crippen molar-refractivity contribution < 1.29 is 19.4 Å². The number of carbonyl (C=O) groups is 2. The van der Waals surface area contributed by atoms with E-state index in [2.05, 4.69) is 4.98 Å². The number of carbonyl (C=O) groups excluding carboxylic acids is 1. The fraction of sp³-hybridized carbons (Fsp3) is 0.350. The maximum Gasteiger partial charge on any atom is 0.410 e. The summed E-state index contributed by atoms with van der Waals surface area (Å²) in [6.45, 7) is 7.78. The summed E-state index contributed by atoms with van der Waals surface area (Å²) in [5.41, 5.74) is 1.87. The van der Waals surface area contributed by atoms with Gasteiger partial charge < -0.3 is 9.84 Å². The van der Waals surface area contributed by atoms with E-state index in [0.717, 1.165) is 11.3 Å². The standard InChI is InChI=1S/C20H24N2O4/c1-14-11-15(8-9-17(14)18(23)24)12-22(19(25)26-20(2,3)4)13-16-7-5-6-10-21-16/h5-11H,12-13H2,1-4H3,(H,23,24). The highest BCUT2D eigenvalue weighted by Crippen LogP contribution is 2.17. The highest BCUT2D eigenvalue weighted by molar-refractivity contribution is 5.89. The Balaban J connectivity index is 2.24. The number of aryl methyl sites for hydroxylation is 1. The average Bonchev–Trinajstić information content (AvgIpc) is 2.53. The van der Waals surface area contributed by atoms with Crippen molar-refractivity contribution in [1.29, 1.82) is 0 Å². The number of aromatic nitrogens is 1. The fourth-order valence-corrected chi connectivity index (χ4v) is 2.48. The largest absolute Gasteiger partial charge is 0.478 e. The Morgan fingerprint density at radius 3 is 2.42 bits per heavy atom. The van der Waals surface area contributed by atoms with E-state index >= 15 is 0 Å². The third-order valence-electron chi connectivity index (χ3n) is 3.63. The van der Waals surface area contributed by atoms with Crippen LogP contribution in [0, 0.1) is 6.92 Å². The van der Waals surface area contributed by atoms with E-state index in [4.69, 9.17) is 9.84 Å². The zero-order valence-corrected chi connectivity index (χ0v) is 15.5. The van der Waals surface area contributed by atoms with Gasteiger partial charge in [0.15, 0.2) is 0 Å². The smallest absolute Gasteiger partial charge is 0.410 e. The number of amides is 1. The van der Waals surface area contributed by atoms with Crippen molar-refractivity contribution >= 4 is 12.1 Å². The van der Waals surface area contributed by atoms with Crippen LogP contribution >= 0.6 is 0 Å². The molecule has 0 saturated heterocycles. The van der Waals surface area contributed by atoms with Gasteiger partial charge in [-0.25, -0.2) is 9.59 Å². The quantitative estimate of drug-likeness (QED) is 0.875. The summed E-state index contributed by atoms with van der Waals surface area (Å²) in [7, 11) is 0. The highest BCUT2D eigenvalue weighted by atomic mass is 16.6. The van der Waals surface area contributed by atoms with Gasteiger partial charge in [-0.15, -0.1) is 0 Å². The van der Waals surface area contributed by atoms with Crippen LogP contribution in [0.2, 0.25) is 0 Å². The predicted octanol–water partition coefficient (Wildman–Crippen LogP) is 4.03. The van der Waals surface area contributed by atoms with E-state index in [1.54, 1.807) is 36.2 Å². The van der Waals surface area contributed by atoms with Crippen LogP contribution in [0.25, 0.3) is 0 Å². The number of pyridine rings is 1. The number of hydrogen-bond donors (Lipinski definition) is 1. The van der Waals surface area contributed by atoms with Gasteiger partial charge in [0.05, 0.1) is 17.8 Å². The lowest BCUT2D eigenvalue weighted by Crippen LogP contribution is -2.36. The van der Waals surface area contributed by atoms with E-state index in [1.807, 2.05) is 39.0 Å². The molecule has 0 saturated carbocycles. The molecule has 0 bridgehead atoms. The molecule has 26 heavy (non-hydrogen) atoms. The lowest BCUT2D eigenvalue weighted by Gasteiger charge is -2.27. The lowest BCUT2D eigenvalue weighted by molar-refractivity contribution is 0.0213. The molecule has 1 N–H and O–H groups in total. The second-order valence-corrected chi connectivity index (χ2v) is 7.11. The maximum atomic E-state index is 12.6. The molecule has 2 aromatic rings. The molecule has 2 rings (SSSR count). The minimum atomic E-state index is -0.966. The summed E-state index contributed by atoms with van der Waals surface area (Å²) in [6, 6.07) is 10.6. The SMILES string of the molecule is Cc1cc(CN(Cc2ccccn2)C(=O)OC(C)(C)C)ccc1C(=O)O. The lowest BCUT2D eigenvalue weighted by atomic mass is 10.0. The van der Waals surface area contributed by atoms with Gasteiger partial charge in [-0.3, -0.25) is 9.88 Å². The monoisotopic (exact) mass is 356 g/mol. The Hall–Kier alpha value is -2.89. The molecule has 0 fully saturated rings. The zero-order valence-electron chi connectivity index (χ0n) is 15.5. The summed E-state index contributed by atoms with van der Waals surface area (Å²) >= 11 is 0. The molecule has 0 aliphatic rings. The van der Waals surface area contributed by atoms with Gasteiger partial charge in [0, 0.05) is 12.7 Å². The molecular formula is C20H24N2O4. The summed E-state index contributed by atoms with van der Waals surface area (Å²) in [4.78, 5) is 29.6. The van der Waals surface area contributed by atoms with Crippen LogP contribution in [0.15, 0.2) is 42.6 Å². The van der Waals surface area contributed by atoms with Crippen molar-refractivity contribution in [3.05, 3.63) is 65.0 Å². The van der Waals surface area contributed by atoms with E-state index < -0.39 is 17.7 Å². The second kappa shape index (κ2) is 7.99. The number of carboxylic acid groups (broad SMARTS) is 1. The van der Waals surface area contributed by atoms with Gasteiger partial charge in [0.25, 0.3) is 0 Å². The second-order valence-electron chi connectivity index (χ2n) is 7.11. The Bertz CT molecular complexity index is 782. The van der Waals surface area contributed by atoms with E-state index in [9.17, 15) is 9.59 Å². The molecule has 6 heteroatoms. The van der Waals surface area contributed by atoms with Gasteiger partial charge in [0.1, 0.15) is 5.60 Å². The van der Waals surface area contributed by atoms with Crippen LogP contribution in [-0.2, 0) is 17.8 Å². The third-order valence-corrected chi connectivity index (χ3v) is 3.63. The van der Waals surface area contributed by atoms with Crippen LogP contribution in [0.5, 0.6) is 0 Å². The van der Waals surface area contributed by atoms with Crippen LogP contribution in [-0.4, -0.2) is 32.7 Å². The third kappa shape index (κ3) is 5.58. The first kappa shape index (κ1) is 19.4. The minimum absolute atomic E-state index is 0.252. The zero-order chi connectivity index (χ0) is 19.3. The highest BCUT2D eigenvalue weighted by Gasteiger charge is 2.23. The number of ether oxygens (including phenoxy) is 1. The number of benzene rings is 1. The van der Waals surface area contributed by atoms with Gasteiger partial charge in [-0.05, 0) is 57.0 Å². The molecule has 1 heterocycles. The molecule has 1 aromatic carbocycles. The van der Waals surface area contributed by atoms with Crippen molar-refractivity contribution in [2.24, 2.45) is 0 Å². The minimum Gasteiger partial charge on any atom is -0.478 e. The van der Waals surface area contributed by atoms with Crippen molar-refractivity contribution in [1.82, 2.24) is 9.88 Å². The fourth-order valence-electron chi connectivity index (χ4n) is 2.48. The number of aromatic carboxylic acids is 1. The molecule has 0 aliphatic heterocycles. The van der Waals surface area contributed by atoms with Crippen LogP contribution < -0.4 is 0 Å². The van der Waals surface area contributed by atoms with Crippen molar-refractivity contribution in [2.45, 2.75) is 46.4 Å². The van der Waals surface area contributed by atoms with Crippen molar-refractivity contribution in [2.75, 3.05) is 0 Å². The van der Waals surface area contributed by atoms with Crippen LogP contribution in [0.4, 0.5) is 4.79 Å². The summed E-state index contributed by atoms with van der Waals surface area (Å²) in [6.07, 6.45) is 1.23. The van der Waals surface area contributed by atoms with Crippen LogP contribution in [0.1, 0.15) is 48.0 Å². The average molecular weight is 356 g/mol. The predicted molar refractivity (Wildman–Crippen MR) is 97.9 cm³/mol. The normalized spacial score (nSPS) is 11.1. The molecule has 0 radical (unpaired) electrons. The number of nitrogens with zero attached hydrogens (tertiary/aromatic N) is 2. The Kier molecular flexibility index (Phi) is 5.97. The van der Waals surface area contributed by atoms with Crippen molar-refractivity contribution in [3.8, 4) is 0 Å². The van der Waals surface area contributed by atoms with Gasteiger partial charge in [-0.1, -0.05) is 18.2 Å². The Morgan fingerprint density at radius 1 is 1.15 bits per heavy atom. The van der Waals surface area contributed by atoms with Gasteiger partial charge >= 0.3 is 12.1 Å². The van der Waals surface area contributed by atoms with Crippen LogP contribution in [0.3, 0.4) is 0 Å². The van der Waals surface area contributed by atoms with E-state index in [0.29, 0.717) is 18.7 Å². The first-order chi connectivity index (χ1) is 12.2. The number of rotatable bonds is 5. The summed E-state index contributed by atoms with van der Waals surface area (Å²) < 4.78 is 5.50. The van der Waals surface area contributed by atoms with Crippen molar-refractivity contribution in [3.63, 3.8) is 0 Å². The van der Waals surface area contributed by atoms with Gasteiger partial charge in [0.2, 0.25) is 0 Å². The molecule has 0 spiro atoms. The molecule has 138 valence electrons. The molecule has 6 nitrogen and oxygen atoms in total. The Morgan fingerprint density at radius 2 is 1.88 bits per heavy atom. The van der Waals surface area contributed by atoms with Gasteiger partial charge in [-0.2, -0.15) is 0 Å². The molecule has 1 aromatic heterocycles. The molecule has 0 atom stereocenters. The topological polar surface area (TPSA) is 79.7 Å². The molecule has 1 amide bonds. The molecule has 0 unspecified atom stereocenters. The summed E-state index contributed by atoms with van der Waals surface area (Å²) in [5, 5.41) is 9.16. The first-order valence-electron chi connectivity index (χ1n) is 8.36. The number of carboxylic acids is 1. The first-order valence-corrected chi connectivity index (χ1v) is 8.36. The van der Waals surface area contributed by atoms with E-state index in [1.165, 1.54) is 0 Å². The molecular weight excluding hydrogens is 332 g/mol. The Labute approximate surface area is 153 Å². The molecule has 0 aliphatic carbocycles.